The van der Waals surface area contributed by atoms with Crippen LogP contribution in [0.25, 0.3) is 0 Å². The highest BCUT2D eigenvalue weighted by Crippen LogP contribution is 2.08. The van der Waals surface area contributed by atoms with E-state index in [1.165, 1.54) is 19.3 Å². The van der Waals surface area contributed by atoms with E-state index in [2.05, 4.69) is 24.8 Å². The van der Waals surface area contributed by atoms with Gasteiger partial charge < -0.3 is 4.90 Å². The van der Waals surface area contributed by atoms with Crippen LogP contribution >= 0.6 is 0 Å². The lowest BCUT2D eigenvalue weighted by molar-refractivity contribution is -0.125. The van der Waals surface area contributed by atoms with Gasteiger partial charge in [-0.05, 0) is 44.3 Å². The van der Waals surface area contributed by atoms with Crippen molar-refractivity contribution in [3.05, 3.63) is 36.5 Å². The lowest BCUT2D eigenvalue weighted by Crippen LogP contribution is -2.25. The molecule has 22 heavy (non-hydrogen) atoms. The molecule has 0 radical (unpaired) electrons. The van der Waals surface area contributed by atoms with E-state index in [1.54, 1.807) is 6.08 Å². The molecule has 0 spiro atoms. The minimum atomic E-state index is 0.166. The van der Waals surface area contributed by atoms with E-state index >= 15 is 0 Å². The van der Waals surface area contributed by atoms with Crippen molar-refractivity contribution in [2.45, 2.75) is 58.3 Å². The Hall–Kier alpha value is -1.75. The van der Waals surface area contributed by atoms with Crippen molar-refractivity contribution >= 4 is 5.91 Å². The van der Waals surface area contributed by atoms with Crippen molar-refractivity contribution in [1.29, 1.82) is 0 Å². The van der Waals surface area contributed by atoms with E-state index in [0.717, 1.165) is 45.2 Å². The zero-order chi connectivity index (χ0) is 15.9. The Bertz CT molecular complexity index is 442. The molecule has 0 bridgehead atoms. The van der Waals surface area contributed by atoms with Crippen molar-refractivity contribution in [3.63, 3.8) is 0 Å². The number of allylic oxidation sites excluding steroid dienone is 5. The minimum Gasteiger partial charge on any atom is -0.339 e. The quantitative estimate of drug-likeness (QED) is 0.277. The summed E-state index contributed by atoms with van der Waals surface area (Å²) in [6.45, 7) is 4.05. The van der Waals surface area contributed by atoms with Crippen LogP contribution < -0.4 is 0 Å². The highest BCUT2D eigenvalue weighted by Gasteiger charge is 2.14. The molecular formula is C20H29NO. The molecule has 2 nitrogen and oxygen atoms in total. The first-order chi connectivity index (χ1) is 10.8. The van der Waals surface area contributed by atoms with E-state index in [4.69, 9.17) is 0 Å². The highest BCUT2D eigenvalue weighted by atomic mass is 16.2. The number of likely N-dealkylation sites (tertiary alicyclic amines) is 1. The van der Waals surface area contributed by atoms with Crippen molar-refractivity contribution in [2.75, 3.05) is 13.1 Å². The van der Waals surface area contributed by atoms with Gasteiger partial charge in [0, 0.05) is 19.5 Å². The number of carbonyl (C=O) groups is 1. The third-order valence-corrected chi connectivity index (χ3v) is 3.61. The van der Waals surface area contributed by atoms with E-state index < -0.39 is 0 Å². The Kier molecular flexibility index (Phi) is 10.8. The molecule has 0 aromatic heterocycles. The van der Waals surface area contributed by atoms with Gasteiger partial charge in [0.2, 0.25) is 5.91 Å². The molecule has 1 fully saturated rings. The second-order valence-electron chi connectivity index (χ2n) is 5.58. The number of rotatable bonds is 8. The second-order valence-corrected chi connectivity index (χ2v) is 5.58. The van der Waals surface area contributed by atoms with Crippen LogP contribution in [-0.4, -0.2) is 23.9 Å². The SMILES string of the molecule is CCCCCC#CC=CC=CCCC=CC(=O)N1CCCC1. The molecule has 0 aliphatic carbocycles. The Morgan fingerprint density at radius 1 is 1.09 bits per heavy atom. The second kappa shape index (κ2) is 13.0. The molecule has 120 valence electrons. The first-order valence-electron chi connectivity index (χ1n) is 8.60. The van der Waals surface area contributed by atoms with Crippen LogP contribution in [0.15, 0.2) is 36.5 Å². The summed E-state index contributed by atoms with van der Waals surface area (Å²) in [5.74, 6) is 6.36. The fourth-order valence-corrected chi connectivity index (χ4v) is 2.29. The van der Waals surface area contributed by atoms with E-state index in [1.807, 2.05) is 29.2 Å². The number of carbonyl (C=O) groups excluding carboxylic acids is 1. The Labute approximate surface area is 136 Å². The van der Waals surface area contributed by atoms with Crippen LogP contribution in [0.2, 0.25) is 0 Å². The van der Waals surface area contributed by atoms with Crippen molar-refractivity contribution in [1.82, 2.24) is 4.90 Å². The maximum Gasteiger partial charge on any atom is 0.246 e. The maximum atomic E-state index is 11.7. The molecular weight excluding hydrogens is 270 g/mol. The molecule has 1 heterocycles. The first kappa shape index (κ1) is 18.3. The summed E-state index contributed by atoms with van der Waals surface area (Å²) in [6, 6.07) is 0. The average Bonchev–Trinajstić information content (AvgIpc) is 3.06. The number of hydrogen-bond acceptors (Lipinski definition) is 1. The molecule has 0 aromatic rings. The number of nitrogens with zero attached hydrogens (tertiary/aromatic N) is 1. The molecule has 1 aliphatic heterocycles. The van der Waals surface area contributed by atoms with E-state index in [-0.39, 0.29) is 5.91 Å². The molecule has 1 saturated heterocycles. The average molecular weight is 299 g/mol. The zero-order valence-corrected chi connectivity index (χ0v) is 13.9. The normalized spacial score (nSPS) is 15.0. The Balaban J connectivity index is 2.04. The van der Waals surface area contributed by atoms with Gasteiger partial charge >= 0.3 is 0 Å². The Morgan fingerprint density at radius 3 is 2.64 bits per heavy atom. The number of amides is 1. The van der Waals surface area contributed by atoms with Gasteiger partial charge in [-0.25, -0.2) is 0 Å². The summed E-state index contributed by atoms with van der Waals surface area (Å²) in [4.78, 5) is 13.7. The lowest BCUT2D eigenvalue weighted by Gasteiger charge is -2.11. The molecule has 0 saturated carbocycles. The summed E-state index contributed by atoms with van der Waals surface area (Å²) in [5, 5.41) is 0. The fourth-order valence-electron chi connectivity index (χ4n) is 2.29. The summed E-state index contributed by atoms with van der Waals surface area (Å²) < 4.78 is 0. The third kappa shape index (κ3) is 9.23. The predicted octanol–water partition coefficient (Wildman–Crippen LogP) is 4.64. The van der Waals surface area contributed by atoms with Gasteiger partial charge in [-0.3, -0.25) is 4.79 Å². The standard InChI is InChI=1S/C20H29NO/c1-2-3-4-5-6-7-8-9-10-11-12-13-14-17-20(22)21-18-15-16-19-21/h8-11,14,17H,2-5,12-13,15-16,18-19H2,1H3. The molecule has 0 atom stereocenters. The summed E-state index contributed by atoms with van der Waals surface area (Å²) in [5.41, 5.74) is 0. The van der Waals surface area contributed by atoms with Crippen LogP contribution in [0.3, 0.4) is 0 Å². The van der Waals surface area contributed by atoms with E-state index in [9.17, 15) is 4.79 Å². The molecule has 0 N–H and O–H groups in total. The van der Waals surface area contributed by atoms with Crippen LogP contribution in [0, 0.1) is 11.8 Å². The van der Waals surface area contributed by atoms with Crippen LogP contribution in [-0.2, 0) is 4.79 Å². The van der Waals surface area contributed by atoms with Gasteiger partial charge in [-0.1, -0.05) is 55.9 Å². The summed E-state index contributed by atoms with van der Waals surface area (Å²) >= 11 is 0. The lowest BCUT2D eigenvalue weighted by atomic mass is 10.2. The van der Waals surface area contributed by atoms with Gasteiger partial charge in [0.1, 0.15) is 0 Å². The largest absolute Gasteiger partial charge is 0.339 e. The molecule has 0 aromatic carbocycles. The maximum absolute atomic E-state index is 11.7. The van der Waals surface area contributed by atoms with Gasteiger partial charge in [0.05, 0.1) is 0 Å². The first-order valence-corrected chi connectivity index (χ1v) is 8.60. The minimum absolute atomic E-state index is 0.166. The molecule has 1 aliphatic rings. The van der Waals surface area contributed by atoms with Crippen LogP contribution in [0.1, 0.15) is 58.3 Å². The fraction of sp³-hybridized carbons (Fsp3) is 0.550. The van der Waals surface area contributed by atoms with Gasteiger partial charge in [0.25, 0.3) is 0 Å². The topological polar surface area (TPSA) is 20.3 Å². The number of unbranched alkanes of at least 4 members (excludes halogenated alkanes) is 4. The zero-order valence-electron chi connectivity index (χ0n) is 13.9. The molecule has 1 amide bonds. The van der Waals surface area contributed by atoms with Gasteiger partial charge in [-0.2, -0.15) is 0 Å². The Morgan fingerprint density at radius 2 is 1.86 bits per heavy atom. The van der Waals surface area contributed by atoms with E-state index in [0.29, 0.717) is 0 Å². The smallest absolute Gasteiger partial charge is 0.246 e. The van der Waals surface area contributed by atoms with Crippen LogP contribution in [0.5, 0.6) is 0 Å². The molecule has 1 rings (SSSR count). The van der Waals surface area contributed by atoms with Crippen molar-refractivity contribution in [2.24, 2.45) is 0 Å². The highest BCUT2D eigenvalue weighted by molar-refractivity contribution is 5.87. The van der Waals surface area contributed by atoms with Crippen LogP contribution in [0.4, 0.5) is 0 Å². The molecule has 0 unspecified atom stereocenters. The summed E-state index contributed by atoms with van der Waals surface area (Å²) in [6.07, 6.45) is 20.6. The monoisotopic (exact) mass is 299 g/mol. The predicted molar refractivity (Wildman–Crippen MR) is 94.4 cm³/mol. The van der Waals surface area contributed by atoms with Crippen molar-refractivity contribution < 1.29 is 4.79 Å². The number of hydrogen-bond donors (Lipinski definition) is 0. The third-order valence-electron chi connectivity index (χ3n) is 3.61. The van der Waals surface area contributed by atoms with Crippen molar-refractivity contribution in [3.8, 4) is 11.8 Å². The van der Waals surface area contributed by atoms with Gasteiger partial charge in [-0.15, -0.1) is 0 Å². The van der Waals surface area contributed by atoms with Gasteiger partial charge in [0.15, 0.2) is 0 Å². The molecule has 2 heteroatoms. The summed E-state index contributed by atoms with van der Waals surface area (Å²) in [7, 11) is 0.